The lowest BCUT2D eigenvalue weighted by atomic mass is 10.1. The van der Waals surface area contributed by atoms with Crippen LogP contribution in [0.2, 0.25) is 0 Å². The summed E-state index contributed by atoms with van der Waals surface area (Å²) in [7, 11) is 1.33. The van der Waals surface area contributed by atoms with Crippen molar-refractivity contribution >= 4 is 27.6 Å². The quantitative estimate of drug-likeness (QED) is 0.682. The van der Waals surface area contributed by atoms with Crippen molar-refractivity contribution in [3.8, 4) is 5.69 Å². The second kappa shape index (κ2) is 4.81. The lowest BCUT2D eigenvalue weighted by Gasteiger charge is -2.10. The van der Waals surface area contributed by atoms with Crippen molar-refractivity contribution < 1.29 is 9.53 Å². The summed E-state index contributed by atoms with van der Waals surface area (Å²) in [6.07, 6.45) is 3.47. The van der Waals surface area contributed by atoms with Gasteiger partial charge >= 0.3 is 5.97 Å². The molecule has 2 rings (SSSR count). The van der Waals surface area contributed by atoms with Gasteiger partial charge in [-0.1, -0.05) is 0 Å². The lowest BCUT2D eigenvalue weighted by molar-refractivity contribution is 0.0602. The summed E-state index contributed by atoms with van der Waals surface area (Å²) in [5.41, 5.74) is 8.21. The van der Waals surface area contributed by atoms with Crippen LogP contribution in [0.3, 0.4) is 0 Å². The Morgan fingerprint density at radius 3 is 2.78 bits per heavy atom. The predicted molar refractivity (Wildman–Crippen MR) is 71.8 cm³/mol. The summed E-state index contributed by atoms with van der Waals surface area (Å²) in [5.74, 6) is -0.455. The molecule has 0 atom stereocenters. The van der Waals surface area contributed by atoms with Crippen molar-refractivity contribution in [1.82, 2.24) is 9.78 Å². The summed E-state index contributed by atoms with van der Waals surface area (Å²) in [5, 5.41) is 4.16. The minimum atomic E-state index is -0.455. The highest BCUT2D eigenvalue weighted by Crippen LogP contribution is 2.23. The van der Waals surface area contributed by atoms with E-state index in [-0.39, 0.29) is 0 Å². The Balaban J connectivity index is 2.57. The van der Waals surface area contributed by atoms with Crippen LogP contribution in [0.4, 0.5) is 5.69 Å². The molecular formula is C12H12BrN3O2. The zero-order valence-corrected chi connectivity index (χ0v) is 11.6. The third-order valence-corrected chi connectivity index (χ3v) is 3.00. The fourth-order valence-electron chi connectivity index (χ4n) is 1.63. The van der Waals surface area contributed by atoms with Gasteiger partial charge in [0.1, 0.15) is 0 Å². The van der Waals surface area contributed by atoms with Crippen LogP contribution >= 0.6 is 15.9 Å². The summed E-state index contributed by atoms with van der Waals surface area (Å²) in [6.45, 7) is 1.84. The van der Waals surface area contributed by atoms with Gasteiger partial charge in [-0.05, 0) is 40.5 Å². The van der Waals surface area contributed by atoms with Crippen molar-refractivity contribution in [2.75, 3.05) is 12.8 Å². The van der Waals surface area contributed by atoms with Gasteiger partial charge in [-0.15, -0.1) is 0 Å². The van der Waals surface area contributed by atoms with E-state index in [2.05, 4.69) is 21.0 Å². The van der Waals surface area contributed by atoms with Gasteiger partial charge in [-0.25, -0.2) is 9.48 Å². The first kappa shape index (κ1) is 12.6. The summed E-state index contributed by atoms with van der Waals surface area (Å²) >= 11 is 3.32. The summed E-state index contributed by atoms with van der Waals surface area (Å²) in [6, 6.07) is 3.52. The first-order valence-electron chi connectivity index (χ1n) is 5.22. The molecule has 0 aliphatic heterocycles. The first-order chi connectivity index (χ1) is 8.52. The van der Waals surface area contributed by atoms with E-state index in [0.717, 1.165) is 15.7 Å². The molecule has 2 N–H and O–H groups in total. The molecule has 0 aliphatic carbocycles. The fourth-order valence-corrected chi connectivity index (χ4v) is 1.92. The molecule has 1 aromatic heterocycles. The average Bonchev–Trinajstić information content (AvgIpc) is 2.78. The number of carbonyl (C=O) groups is 1. The van der Waals surface area contributed by atoms with Crippen molar-refractivity contribution in [2.24, 2.45) is 0 Å². The second-order valence-corrected chi connectivity index (χ2v) is 4.73. The maximum atomic E-state index is 11.6. The van der Waals surface area contributed by atoms with Crippen LogP contribution in [0.15, 0.2) is 29.0 Å². The monoisotopic (exact) mass is 309 g/mol. The van der Waals surface area contributed by atoms with E-state index in [1.54, 1.807) is 23.1 Å². The van der Waals surface area contributed by atoms with Crippen LogP contribution in [0, 0.1) is 6.92 Å². The molecule has 0 saturated carbocycles. The number of ether oxygens (including phenoxy) is 1. The average molecular weight is 310 g/mol. The fraction of sp³-hybridized carbons (Fsp3) is 0.167. The molecular weight excluding hydrogens is 298 g/mol. The Kier molecular flexibility index (Phi) is 3.38. The number of nitrogens with two attached hydrogens (primary N) is 1. The lowest BCUT2D eigenvalue weighted by Crippen LogP contribution is -2.09. The number of benzene rings is 1. The third-order valence-electron chi connectivity index (χ3n) is 2.59. The number of nitrogen functional groups attached to an aromatic ring is 1. The van der Waals surface area contributed by atoms with Crippen molar-refractivity contribution in [1.29, 1.82) is 0 Å². The number of methoxy groups -OCH3 is 1. The van der Waals surface area contributed by atoms with Gasteiger partial charge in [0.2, 0.25) is 0 Å². The molecule has 0 radical (unpaired) electrons. The van der Waals surface area contributed by atoms with Gasteiger partial charge in [-0.2, -0.15) is 5.10 Å². The normalized spacial score (nSPS) is 10.4. The van der Waals surface area contributed by atoms with Crippen molar-refractivity contribution in [2.45, 2.75) is 6.92 Å². The highest BCUT2D eigenvalue weighted by Gasteiger charge is 2.14. The number of esters is 1. The molecule has 1 heterocycles. The van der Waals surface area contributed by atoms with E-state index in [0.29, 0.717) is 11.3 Å². The zero-order chi connectivity index (χ0) is 13.3. The van der Waals surface area contributed by atoms with Gasteiger partial charge in [0.15, 0.2) is 0 Å². The maximum Gasteiger partial charge on any atom is 0.340 e. The summed E-state index contributed by atoms with van der Waals surface area (Å²) < 4.78 is 7.22. The second-order valence-electron chi connectivity index (χ2n) is 3.82. The largest absolute Gasteiger partial charge is 0.465 e. The van der Waals surface area contributed by atoms with Crippen LogP contribution in [0.25, 0.3) is 5.69 Å². The SMILES string of the molecule is COC(=O)c1cc(-n2cc(Br)cn2)cc(C)c1N. The van der Waals surface area contributed by atoms with E-state index in [9.17, 15) is 4.79 Å². The number of rotatable bonds is 2. The third kappa shape index (κ3) is 2.24. The van der Waals surface area contributed by atoms with Gasteiger partial charge < -0.3 is 10.5 Å². The molecule has 0 aliphatic rings. The van der Waals surface area contributed by atoms with E-state index in [1.807, 2.05) is 13.0 Å². The number of carbonyl (C=O) groups excluding carboxylic acids is 1. The molecule has 1 aromatic carbocycles. The van der Waals surface area contributed by atoms with Gasteiger partial charge in [-0.3, -0.25) is 0 Å². The van der Waals surface area contributed by atoms with Crippen LogP contribution in [-0.2, 0) is 4.74 Å². The van der Waals surface area contributed by atoms with Crippen LogP contribution in [0.1, 0.15) is 15.9 Å². The van der Waals surface area contributed by atoms with E-state index >= 15 is 0 Å². The Hall–Kier alpha value is -1.82. The van der Waals surface area contributed by atoms with Crippen LogP contribution in [0.5, 0.6) is 0 Å². The van der Waals surface area contributed by atoms with Gasteiger partial charge in [0.25, 0.3) is 0 Å². The van der Waals surface area contributed by atoms with Crippen molar-refractivity contribution in [3.63, 3.8) is 0 Å². The molecule has 18 heavy (non-hydrogen) atoms. The van der Waals surface area contributed by atoms with Gasteiger partial charge in [0.05, 0.1) is 29.0 Å². The predicted octanol–water partition coefficient (Wildman–Crippen LogP) is 2.31. The zero-order valence-electron chi connectivity index (χ0n) is 9.98. The number of nitrogens with zero attached hydrogens (tertiary/aromatic N) is 2. The minimum absolute atomic E-state index is 0.346. The van der Waals surface area contributed by atoms with Crippen LogP contribution < -0.4 is 5.73 Å². The number of aryl methyl sites for hydroxylation is 1. The Labute approximate surface area is 113 Å². The standard InChI is InChI=1S/C12H12BrN3O2/c1-7-3-9(16-6-8(13)5-15-16)4-10(11(7)14)12(17)18-2/h3-6H,14H2,1-2H3. The highest BCUT2D eigenvalue weighted by atomic mass is 79.9. The van der Waals surface area contributed by atoms with Crippen LogP contribution in [-0.4, -0.2) is 22.9 Å². The number of aromatic nitrogens is 2. The number of hydrogen-bond acceptors (Lipinski definition) is 4. The molecule has 0 spiro atoms. The summed E-state index contributed by atoms with van der Waals surface area (Å²) in [4.78, 5) is 11.6. The molecule has 6 heteroatoms. The topological polar surface area (TPSA) is 70.1 Å². The molecule has 0 amide bonds. The highest BCUT2D eigenvalue weighted by molar-refractivity contribution is 9.10. The Morgan fingerprint density at radius 2 is 2.22 bits per heavy atom. The molecule has 94 valence electrons. The number of anilines is 1. The smallest absolute Gasteiger partial charge is 0.340 e. The first-order valence-corrected chi connectivity index (χ1v) is 6.01. The Morgan fingerprint density at radius 1 is 1.50 bits per heavy atom. The number of halogens is 1. The maximum absolute atomic E-state index is 11.6. The molecule has 0 saturated heterocycles. The Bertz CT molecular complexity index is 607. The molecule has 0 fully saturated rings. The molecule has 0 unspecified atom stereocenters. The van der Waals surface area contributed by atoms with E-state index in [4.69, 9.17) is 10.5 Å². The molecule has 2 aromatic rings. The molecule has 0 bridgehead atoms. The number of hydrogen-bond donors (Lipinski definition) is 1. The molecule has 5 nitrogen and oxygen atoms in total. The van der Waals surface area contributed by atoms with Gasteiger partial charge in [0, 0.05) is 11.9 Å². The van der Waals surface area contributed by atoms with Crippen molar-refractivity contribution in [3.05, 3.63) is 40.1 Å². The van der Waals surface area contributed by atoms with E-state index < -0.39 is 5.97 Å². The minimum Gasteiger partial charge on any atom is -0.465 e. The van der Waals surface area contributed by atoms with E-state index in [1.165, 1.54) is 7.11 Å².